The third kappa shape index (κ3) is 5.89. The van der Waals surface area contributed by atoms with E-state index in [1.54, 1.807) is 18.9 Å². The molecule has 0 atom stereocenters. The molecule has 1 amide bonds. The molecule has 4 nitrogen and oxygen atoms in total. The fourth-order valence-corrected chi connectivity index (χ4v) is 2.91. The van der Waals surface area contributed by atoms with E-state index in [9.17, 15) is 4.79 Å². The Kier molecular flexibility index (Phi) is 8.35. The lowest BCUT2D eigenvalue weighted by molar-refractivity contribution is -0.122. The minimum Gasteiger partial charge on any atom is -0.496 e. The summed E-state index contributed by atoms with van der Waals surface area (Å²) < 4.78 is 5.40. The molecule has 1 rings (SSSR count). The van der Waals surface area contributed by atoms with Crippen molar-refractivity contribution in [2.45, 2.75) is 44.2 Å². The van der Waals surface area contributed by atoms with Gasteiger partial charge in [-0.3, -0.25) is 9.69 Å². The molecular formula is C17H28N2O2S. The van der Waals surface area contributed by atoms with Crippen LogP contribution in [-0.4, -0.2) is 43.8 Å². The van der Waals surface area contributed by atoms with Gasteiger partial charge in [0.1, 0.15) is 5.75 Å². The van der Waals surface area contributed by atoms with Crippen LogP contribution in [0.3, 0.4) is 0 Å². The highest BCUT2D eigenvalue weighted by Gasteiger charge is 2.12. The number of benzene rings is 1. The summed E-state index contributed by atoms with van der Waals surface area (Å²) in [6.45, 7) is 5.32. The third-order valence-electron chi connectivity index (χ3n) is 3.66. The molecule has 1 N–H and O–H groups in total. The van der Waals surface area contributed by atoms with Crippen LogP contribution in [0.2, 0.25) is 0 Å². The molecule has 0 bridgehead atoms. The van der Waals surface area contributed by atoms with Crippen LogP contribution in [-0.2, 0) is 11.3 Å². The zero-order valence-electron chi connectivity index (χ0n) is 14.3. The molecule has 0 aliphatic rings. The Labute approximate surface area is 138 Å². The van der Waals surface area contributed by atoms with E-state index in [2.05, 4.69) is 31.3 Å². The maximum atomic E-state index is 12.0. The number of likely N-dealkylation sites (N-methyl/N-ethyl adjacent to an activating group) is 1. The van der Waals surface area contributed by atoms with E-state index in [1.165, 1.54) is 0 Å². The van der Waals surface area contributed by atoms with Gasteiger partial charge in [-0.05, 0) is 43.8 Å². The smallest absolute Gasteiger partial charge is 0.234 e. The average molecular weight is 324 g/mol. The summed E-state index contributed by atoms with van der Waals surface area (Å²) in [5, 5.41) is 3.07. The van der Waals surface area contributed by atoms with E-state index in [4.69, 9.17) is 4.74 Å². The van der Waals surface area contributed by atoms with Crippen LogP contribution < -0.4 is 10.1 Å². The molecule has 22 heavy (non-hydrogen) atoms. The molecule has 0 aliphatic heterocycles. The SMILES string of the molecule is CCC(CC)NC(=O)CN(C)Cc1ccc(SC)c(OC)c1. The van der Waals surface area contributed by atoms with E-state index in [-0.39, 0.29) is 11.9 Å². The molecule has 0 fully saturated rings. The summed E-state index contributed by atoms with van der Waals surface area (Å²) in [4.78, 5) is 15.2. The molecule has 0 aliphatic carbocycles. The standard InChI is InChI=1S/C17H28N2O2S/c1-6-14(7-2)18-17(20)12-19(3)11-13-8-9-16(22-5)15(10-13)21-4/h8-10,14H,6-7,11-12H2,1-5H3,(H,18,20). The first-order valence-corrected chi connectivity index (χ1v) is 8.95. The van der Waals surface area contributed by atoms with Crippen molar-refractivity contribution in [1.29, 1.82) is 0 Å². The summed E-state index contributed by atoms with van der Waals surface area (Å²) >= 11 is 1.67. The molecule has 1 aromatic rings. The number of hydrogen-bond donors (Lipinski definition) is 1. The molecule has 0 aromatic heterocycles. The summed E-state index contributed by atoms with van der Waals surface area (Å²) in [6.07, 6.45) is 3.98. The lowest BCUT2D eigenvalue weighted by Gasteiger charge is -2.20. The average Bonchev–Trinajstić information content (AvgIpc) is 2.52. The molecule has 1 aromatic carbocycles. The molecule has 0 saturated carbocycles. The monoisotopic (exact) mass is 324 g/mol. The van der Waals surface area contributed by atoms with Crippen LogP contribution in [0.1, 0.15) is 32.3 Å². The molecule has 0 unspecified atom stereocenters. The lowest BCUT2D eigenvalue weighted by atomic mass is 10.1. The third-order valence-corrected chi connectivity index (χ3v) is 4.44. The predicted molar refractivity (Wildman–Crippen MR) is 93.6 cm³/mol. The molecule has 0 saturated heterocycles. The molecule has 0 heterocycles. The summed E-state index contributed by atoms with van der Waals surface area (Å²) in [5.74, 6) is 0.976. The Hall–Kier alpha value is -1.20. The van der Waals surface area contributed by atoms with E-state index < -0.39 is 0 Å². The number of carbonyl (C=O) groups excluding carboxylic acids is 1. The highest BCUT2D eigenvalue weighted by atomic mass is 32.2. The fraction of sp³-hybridized carbons (Fsp3) is 0.588. The van der Waals surface area contributed by atoms with Crippen LogP contribution in [0, 0.1) is 0 Å². The molecule has 0 spiro atoms. The van der Waals surface area contributed by atoms with E-state index >= 15 is 0 Å². The fourth-order valence-electron chi connectivity index (χ4n) is 2.36. The topological polar surface area (TPSA) is 41.6 Å². The summed E-state index contributed by atoms with van der Waals surface area (Å²) in [7, 11) is 3.65. The van der Waals surface area contributed by atoms with Gasteiger partial charge in [0.15, 0.2) is 0 Å². The van der Waals surface area contributed by atoms with E-state index in [0.717, 1.165) is 35.6 Å². The minimum absolute atomic E-state index is 0.0869. The Morgan fingerprint density at radius 1 is 1.36 bits per heavy atom. The maximum absolute atomic E-state index is 12.0. The number of nitrogens with one attached hydrogen (secondary N) is 1. The van der Waals surface area contributed by atoms with Gasteiger partial charge in [-0.15, -0.1) is 11.8 Å². The van der Waals surface area contributed by atoms with Gasteiger partial charge in [0.2, 0.25) is 5.91 Å². The van der Waals surface area contributed by atoms with Crippen molar-refractivity contribution in [1.82, 2.24) is 10.2 Å². The molecular weight excluding hydrogens is 296 g/mol. The Bertz CT molecular complexity index is 476. The quantitative estimate of drug-likeness (QED) is 0.709. The zero-order valence-corrected chi connectivity index (χ0v) is 15.1. The number of nitrogens with zero attached hydrogens (tertiary/aromatic N) is 1. The first kappa shape index (κ1) is 18.8. The van der Waals surface area contributed by atoms with Gasteiger partial charge in [0, 0.05) is 17.5 Å². The van der Waals surface area contributed by atoms with E-state index in [1.807, 2.05) is 24.3 Å². The van der Waals surface area contributed by atoms with Gasteiger partial charge in [-0.2, -0.15) is 0 Å². The van der Waals surface area contributed by atoms with Gasteiger partial charge in [-0.25, -0.2) is 0 Å². The predicted octanol–water partition coefficient (Wildman–Crippen LogP) is 3.15. The van der Waals surface area contributed by atoms with Crippen LogP contribution in [0.15, 0.2) is 23.1 Å². The van der Waals surface area contributed by atoms with Gasteiger partial charge in [0.25, 0.3) is 0 Å². The minimum atomic E-state index is 0.0869. The van der Waals surface area contributed by atoms with Crippen LogP contribution in [0.4, 0.5) is 0 Å². The number of rotatable bonds is 9. The van der Waals surface area contributed by atoms with Crippen molar-refractivity contribution in [3.05, 3.63) is 23.8 Å². The number of amides is 1. The second kappa shape index (κ2) is 9.74. The number of carbonyl (C=O) groups is 1. The van der Waals surface area contributed by atoms with E-state index in [0.29, 0.717) is 6.54 Å². The molecule has 5 heteroatoms. The number of methoxy groups -OCH3 is 1. The van der Waals surface area contributed by atoms with Crippen molar-refractivity contribution >= 4 is 17.7 Å². The Morgan fingerprint density at radius 3 is 2.59 bits per heavy atom. The Balaban J connectivity index is 2.57. The van der Waals surface area contributed by atoms with Crippen molar-refractivity contribution in [3.63, 3.8) is 0 Å². The number of thioether (sulfide) groups is 1. The summed E-state index contributed by atoms with van der Waals surface area (Å²) in [5.41, 5.74) is 1.15. The Morgan fingerprint density at radius 2 is 2.05 bits per heavy atom. The van der Waals surface area contributed by atoms with Gasteiger partial charge < -0.3 is 10.1 Å². The first-order valence-electron chi connectivity index (χ1n) is 7.72. The maximum Gasteiger partial charge on any atom is 0.234 e. The van der Waals surface area contributed by atoms with Gasteiger partial charge >= 0.3 is 0 Å². The van der Waals surface area contributed by atoms with Crippen molar-refractivity contribution in [2.24, 2.45) is 0 Å². The highest BCUT2D eigenvalue weighted by molar-refractivity contribution is 7.98. The lowest BCUT2D eigenvalue weighted by Crippen LogP contribution is -2.40. The number of ether oxygens (including phenoxy) is 1. The van der Waals surface area contributed by atoms with Crippen molar-refractivity contribution < 1.29 is 9.53 Å². The normalized spacial score (nSPS) is 11.0. The van der Waals surface area contributed by atoms with Crippen LogP contribution in [0.5, 0.6) is 5.75 Å². The number of hydrogen-bond acceptors (Lipinski definition) is 4. The van der Waals surface area contributed by atoms with Crippen molar-refractivity contribution in [2.75, 3.05) is 27.0 Å². The largest absolute Gasteiger partial charge is 0.496 e. The van der Waals surface area contributed by atoms with Gasteiger partial charge in [-0.1, -0.05) is 19.9 Å². The zero-order chi connectivity index (χ0) is 16.5. The van der Waals surface area contributed by atoms with Crippen LogP contribution >= 0.6 is 11.8 Å². The van der Waals surface area contributed by atoms with Crippen molar-refractivity contribution in [3.8, 4) is 5.75 Å². The van der Waals surface area contributed by atoms with Gasteiger partial charge in [0.05, 0.1) is 13.7 Å². The second-order valence-corrected chi connectivity index (χ2v) is 6.29. The first-order chi connectivity index (χ1) is 10.5. The molecule has 124 valence electrons. The molecule has 0 radical (unpaired) electrons. The second-order valence-electron chi connectivity index (χ2n) is 5.44. The summed E-state index contributed by atoms with van der Waals surface area (Å²) in [6, 6.07) is 6.48. The van der Waals surface area contributed by atoms with Crippen LogP contribution in [0.25, 0.3) is 0 Å². The highest BCUT2D eigenvalue weighted by Crippen LogP contribution is 2.28.